The normalized spacial score (nSPS) is 13.6. The van der Waals surface area contributed by atoms with E-state index >= 15 is 4.39 Å². The van der Waals surface area contributed by atoms with Crippen molar-refractivity contribution < 1.29 is 23.4 Å². The molecule has 0 atom stereocenters. The fourth-order valence-corrected chi connectivity index (χ4v) is 6.23. The monoisotopic (exact) mass is 569 g/mol. The van der Waals surface area contributed by atoms with Gasteiger partial charge in [0.25, 0.3) is 0 Å². The molecule has 2 aromatic heterocycles. The highest BCUT2D eigenvalue weighted by molar-refractivity contribution is 6.05. The molecule has 1 aliphatic rings. The first-order valence-corrected chi connectivity index (χ1v) is 14.7. The maximum atomic E-state index is 15.9. The molecule has 0 N–H and O–H groups in total. The summed E-state index contributed by atoms with van der Waals surface area (Å²) >= 11 is 0. The van der Waals surface area contributed by atoms with Crippen molar-refractivity contribution in [1.29, 1.82) is 0 Å². The lowest BCUT2D eigenvalue weighted by Gasteiger charge is -2.14. The van der Waals surface area contributed by atoms with Crippen LogP contribution in [0.4, 0.5) is 4.39 Å². The van der Waals surface area contributed by atoms with E-state index in [1.165, 1.54) is 6.07 Å². The van der Waals surface area contributed by atoms with Crippen LogP contribution in [0.15, 0.2) is 54.6 Å². The van der Waals surface area contributed by atoms with Gasteiger partial charge in [-0.15, -0.1) is 0 Å². The third kappa shape index (κ3) is 5.04. The number of aryl methyl sites for hydroxylation is 4. The van der Waals surface area contributed by atoms with E-state index in [9.17, 15) is 4.79 Å². The second-order valence-electron chi connectivity index (χ2n) is 10.7. The largest absolute Gasteiger partial charge is 0.493 e. The average Bonchev–Trinajstić information content (AvgIpc) is 3.43. The smallest absolute Gasteiger partial charge is 0.355 e. The number of halogens is 1. The third-order valence-corrected chi connectivity index (χ3v) is 8.08. The van der Waals surface area contributed by atoms with Crippen molar-refractivity contribution in [2.75, 3.05) is 19.8 Å². The fourth-order valence-electron chi connectivity index (χ4n) is 6.23. The van der Waals surface area contributed by atoms with Gasteiger partial charge in [0.05, 0.1) is 36.7 Å². The van der Waals surface area contributed by atoms with Gasteiger partial charge in [0.1, 0.15) is 17.3 Å². The first-order valence-electron chi connectivity index (χ1n) is 14.7. The van der Waals surface area contributed by atoms with Crippen LogP contribution < -0.4 is 4.74 Å². The summed E-state index contributed by atoms with van der Waals surface area (Å²) in [5.41, 5.74) is 4.79. The minimum absolute atomic E-state index is 0.255. The topological polar surface area (TPSA) is 67.5 Å². The molecule has 0 fully saturated rings. The highest BCUT2D eigenvalue weighted by atomic mass is 19.1. The van der Waals surface area contributed by atoms with E-state index in [4.69, 9.17) is 14.2 Å². The number of benzene rings is 3. The van der Waals surface area contributed by atoms with E-state index in [0.29, 0.717) is 56.0 Å². The van der Waals surface area contributed by atoms with Crippen molar-refractivity contribution in [2.24, 2.45) is 7.05 Å². The van der Waals surface area contributed by atoms with Crippen molar-refractivity contribution in [3.8, 4) is 16.9 Å². The Balaban J connectivity index is 1.45. The summed E-state index contributed by atoms with van der Waals surface area (Å²) in [6, 6.07) is 17.5. The van der Waals surface area contributed by atoms with Gasteiger partial charge in [-0.3, -0.25) is 4.68 Å². The van der Waals surface area contributed by atoms with Crippen LogP contribution in [0.2, 0.25) is 0 Å². The highest BCUT2D eigenvalue weighted by Crippen LogP contribution is 2.40. The van der Waals surface area contributed by atoms with Crippen LogP contribution in [-0.2, 0) is 36.1 Å². The average molecular weight is 570 g/mol. The number of hydrogen-bond acceptors (Lipinski definition) is 5. The van der Waals surface area contributed by atoms with E-state index in [1.54, 1.807) is 17.7 Å². The van der Waals surface area contributed by atoms with Crippen molar-refractivity contribution >= 4 is 27.6 Å². The maximum absolute atomic E-state index is 15.9. The Morgan fingerprint density at radius 3 is 2.74 bits per heavy atom. The number of rotatable bonds is 7. The number of ether oxygens (including phenoxy) is 3. The van der Waals surface area contributed by atoms with Gasteiger partial charge in [-0.2, -0.15) is 5.10 Å². The molecule has 0 bridgehead atoms. The molecule has 0 spiro atoms. The van der Waals surface area contributed by atoms with Gasteiger partial charge in [0.15, 0.2) is 0 Å². The molecule has 8 heteroatoms. The lowest BCUT2D eigenvalue weighted by atomic mass is 9.97. The Morgan fingerprint density at radius 1 is 1.05 bits per heavy atom. The van der Waals surface area contributed by atoms with Gasteiger partial charge < -0.3 is 18.8 Å². The molecule has 6 rings (SSSR count). The van der Waals surface area contributed by atoms with Crippen LogP contribution in [0.1, 0.15) is 53.6 Å². The second-order valence-corrected chi connectivity index (χ2v) is 10.7. The quantitative estimate of drug-likeness (QED) is 0.154. The molecule has 5 aromatic rings. The molecule has 218 valence electrons. The Morgan fingerprint density at radius 2 is 1.88 bits per heavy atom. The number of nitrogens with zero attached hydrogens (tertiary/aromatic N) is 3. The molecule has 1 aliphatic heterocycles. The molecule has 0 radical (unpaired) electrons. The molecule has 0 aliphatic carbocycles. The summed E-state index contributed by atoms with van der Waals surface area (Å²) in [6.07, 6.45) is 2.85. The number of esters is 1. The van der Waals surface area contributed by atoms with Crippen LogP contribution in [0.25, 0.3) is 32.8 Å². The Bertz CT molecular complexity index is 1770. The van der Waals surface area contributed by atoms with Gasteiger partial charge in [0.2, 0.25) is 0 Å². The summed E-state index contributed by atoms with van der Waals surface area (Å²) in [6.45, 7) is 5.88. The molecule has 0 saturated heterocycles. The number of carbonyl (C=O) groups excluding carboxylic acids is 1. The summed E-state index contributed by atoms with van der Waals surface area (Å²) in [5.74, 6) is 0.0974. The van der Waals surface area contributed by atoms with Crippen molar-refractivity contribution in [3.63, 3.8) is 0 Å². The summed E-state index contributed by atoms with van der Waals surface area (Å²) < 4.78 is 37.5. The molecule has 0 saturated carbocycles. The fraction of sp³-hybridized carbons (Fsp3) is 0.353. The SMILES string of the molecule is CCOC(=O)c1c(CCCOc2cccc3ccccc23)c2ccc(F)c3c2n1CCCCOCc1c-3c(C)nn1C. The Labute approximate surface area is 244 Å². The number of fused-ring (bicyclic) bond motifs is 3. The van der Waals surface area contributed by atoms with Crippen LogP contribution in [0.3, 0.4) is 0 Å². The van der Waals surface area contributed by atoms with Crippen LogP contribution in [0.5, 0.6) is 5.75 Å². The number of carbonyl (C=O) groups is 1. The predicted molar refractivity (Wildman–Crippen MR) is 161 cm³/mol. The molecular weight excluding hydrogens is 533 g/mol. The first kappa shape index (κ1) is 28.0. The second kappa shape index (κ2) is 12.0. The molecular formula is C34H36FN3O4. The van der Waals surface area contributed by atoms with Gasteiger partial charge in [-0.1, -0.05) is 36.4 Å². The van der Waals surface area contributed by atoms with Crippen LogP contribution >= 0.6 is 0 Å². The number of aromatic nitrogens is 3. The van der Waals surface area contributed by atoms with Gasteiger partial charge in [-0.05, 0) is 68.7 Å². The Hall–Kier alpha value is -4.17. The van der Waals surface area contributed by atoms with E-state index in [2.05, 4.69) is 23.3 Å². The molecule has 7 nitrogen and oxygen atoms in total. The van der Waals surface area contributed by atoms with Crippen LogP contribution in [-0.4, -0.2) is 40.1 Å². The molecule has 3 aromatic carbocycles. The highest BCUT2D eigenvalue weighted by Gasteiger charge is 2.29. The van der Waals surface area contributed by atoms with Crippen LogP contribution in [0, 0.1) is 12.7 Å². The third-order valence-electron chi connectivity index (χ3n) is 8.08. The standard InChI is InChI=1S/C34H36FN3O4/c1-4-41-34(39)33-25(14-10-20-42-29-15-9-12-23-11-5-6-13-24(23)29)26-16-17-27(35)31-30-22(2)36-37(3)28(30)21-40-19-8-7-18-38(33)32(26)31/h5-6,9,11-13,15-17H,4,7-8,10,14,18-21H2,1-3H3. The molecule has 0 amide bonds. The van der Waals surface area contributed by atoms with Gasteiger partial charge in [0, 0.05) is 42.1 Å². The minimum atomic E-state index is -0.390. The first-order chi connectivity index (χ1) is 20.5. The van der Waals surface area contributed by atoms with E-state index in [0.717, 1.165) is 57.3 Å². The van der Waals surface area contributed by atoms with Gasteiger partial charge in [-0.25, -0.2) is 9.18 Å². The lowest BCUT2D eigenvalue weighted by molar-refractivity contribution is 0.0512. The lowest BCUT2D eigenvalue weighted by Crippen LogP contribution is -2.15. The zero-order chi connectivity index (χ0) is 29.2. The Kier molecular flexibility index (Phi) is 7.98. The minimum Gasteiger partial charge on any atom is -0.493 e. The zero-order valence-corrected chi connectivity index (χ0v) is 24.4. The predicted octanol–water partition coefficient (Wildman–Crippen LogP) is 7.14. The molecule has 42 heavy (non-hydrogen) atoms. The summed E-state index contributed by atoms with van der Waals surface area (Å²) in [5, 5.41) is 7.67. The molecule has 3 heterocycles. The number of hydrogen-bond donors (Lipinski definition) is 0. The van der Waals surface area contributed by atoms with E-state index in [1.807, 2.05) is 42.8 Å². The van der Waals surface area contributed by atoms with E-state index < -0.39 is 0 Å². The van der Waals surface area contributed by atoms with Crippen molar-refractivity contribution in [1.82, 2.24) is 14.3 Å². The molecule has 0 unspecified atom stereocenters. The van der Waals surface area contributed by atoms with Gasteiger partial charge >= 0.3 is 5.97 Å². The zero-order valence-electron chi connectivity index (χ0n) is 24.4. The van der Waals surface area contributed by atoms with E-state index in [-0.39, 0.29) is 18.4 Å². The van der Waals surface area contributed by atoms with Crippen molar-refractivity contribution in [3.05, 3.63) is 83.1 Å². The maximum Gasteiger partial charge on any atom is 0.355 e. The summed E-state index contributed by atoms with van der Waals surface area (Å²) in [7, 11) is 1.86. The summed E-state index contributed by atoms with van der Waals surface area (Å²) in [4.78, 5) is 13.6. The van der Waals surface area contributed by atoms with Crippen molar-refractivity contribution in [2.45, 2.75) is 52.7 Å².